The van der Waals surface area contributed by atoms with Crippen molar-refractivity contribution in [1.82, 2.24) is 14.5 Å². The van der Waals surface area contributed by atoms with Gasteiger partial charge in [0, 0.05) is 18.8 Å². The largest absolute Gasteiger partial charge is 0.467 e. The average molecular weight is 375 g/mol. The van der Waals surface area contributed by atoms with Gasteiger partial charge >= 0.3 is 12.0 Å². The molecule has 0 bridgehead atoms. The first-order chi connectivity index (χ1) is 13.1. The first-order valence-electron chi connectivity index (χ1n) is 9.08. The van der Waals surface area contributed by atoms with E-state index in [1.807, 2.05) is 13.8 Å². The molecular weight excluding hydrogens is 350 g/mol. The molecule has 0 spiro atoms. The molecule has 1 atom stereocenters. The van der Waals surface area contributed by atoms with Gasteiger partial charge in [-0.3, -0.25) is 19.1 Å². The van der Waals surface area contributed by atoms with Crippen LogP contribution in [-0.2, 0) is 20.9 Å². The molecule has 0 aliphatic carbocycles. The van der Waals surface area contributed by atoms with Crippen LogP contribution in [0.25, 0.3) is 0 Å². The van der Waals surface area contributed by atoms with Gasteiger partial charge in [-0.1, -0.05) is 20.3 Å². The number of aromatic nitrogens is 2. The van der Waals surface area contributed by atoms with Crippen LogP contribution in [0.1, 0.15) is 45.3 Å². The van der Waals surface area contributed by atoms with Crippen molar-refractivity contribution in [3.8, 4) is 0 Å². The van der Waals surface area contributed by atoms with E-state index in [1.165, 1.54) is 29.6 Å². The SMILES string of the molecule is CCCC(=O)OCC(CCC)C(=O)N(Cc1ccco1)C(=O)n1ccnc1. The van der Waals surface area contributed by atoms with Crippen molar-refractivity contribution < 1.29 is 23.5 Å². The summed E-state index contributed by atoms with van der Waals surface area (Å²) in [7, 11) is 0. The predicted octanol–water partition coefficient (Wildman–Crippen LogP) is 3.23. The molecule has 0 fully saturated rings. The number of esters is 1. The molecule has 0 saturated carbocycles. The molecule has 2 aromatic heterocycles. The molecule has 2 aromatic rings. The van der Waals surface area contributed by atoms with Crippen LogP contribution in [-0.4, -0.2) is 39.0 Å². The lowest BCUT2D eigenvalue weighted by Crippen LogP contribution is -2.43. The zero-order chi connectivity index (χ0) is 19.6. The number of rotatable bonds is 9. The summed E-state index contributed by atoms with van der Waals surface area (Å²) in [6.07, 6.45) is 7.95. The monoisotopic (exact) mass is 375 g/mol. The van der Waals surface area contributed by atoms with E-state index in [-0.39, 0.29) is 19.1 Å². The normalized spacial score (nSPS) is 11.8. The quantitative estimate of drug-likeness (QED) is 0.625. The highest BCUT2D eigenvalue weighted by Crippen LogP contribution is 2.16. The molecule has 0 aliphatic rings. The van der Waals surface area contributed by atoms with Gasteiger partial charge in [0.25, 0.3) is 0 Å². The maximum Gasteiger partial charge on any atom is 0.336 e. The molecule has 0 aliphatic heterocycles. The smallest absolute Gasteiger partial charge is 0.336 e. The summed E-state index contributed by atoms with van der Waals surface area (Å²) in [6, 6.07) is 2.85. The van der Waals surface area contributed by atoms with Gasteiger partial charge in [-0.05, 0) is 25.0 Å². The molecule has 1 unspecified atom stereocenters. The summed E-state index contributed by atoms with van der Waals surface area (Å²) in [5, 5.41) is 0. The number of imidazole rings is 1. The summed E-state index contributed by atoms with van der Waals surface area (Å²) in [6.45, 7) is 3.76. The third-order valence-corrected chi connectivity index (χ3v) is 4.00. The molecule has 8 nitrogen and oxygen atoms in total. The fourth-order valence-corrected chi connectivity index (χ4v) is 2.63. The van der Waals surface area contributed by atoms with Crippen LogP contribution < -0.4 is 0 Å². The number of imide groups is 1. The molecule has 2 rings (SSSR count). The van der Waals surface area contributed by atoms with E-state index < -0.39 is 17.9 Å². The number of furan rings is 1. The first-order valence-corrected chi connectivity index (χ1v) is 9.08. The van der Waals surface area contributed by atoms with Crippen molar-refractivity contribution in [3.05, 3.63) is 42.9 Å². The van der Waals surface area contributed by atoms with Crippen molar-refractivity contribution in [2.24, 2.45) is 5.92 Å². The van der Waals surface area contributed by atoms with Gasteiger partial charge in [0.05, 0.1) is 18.7 Å². The minimum absolute atomic E-state index is 0.00797. The Kier molecular flexibility index (Phi) is 7.79. The van der Waals surface area contributed by atoms with Crippen LogP contribution in [0.5, 0.6) is 0 Å². The summed E-state index contributed by atoms with van der Waals surface area (Å²) in [4.78, 5) is 42.5. The lowest BCUT2D eigenvalue weighted by molar-refractivity contribution is -0.148. The average Bonchev–Trinajstić information content (AvgIpc) is 3.36. The minimum Gasteiger partial charge on any atom is -0.467 e. The second-order valence-corrected chi connectivity index (χ2v) is 6.17. The highest BCUT2D eigenvalue weighted by Gasteiger charge is 2.31. The zero-order valence-corrected chi connectivity index (χ0v) is 15.7. The molecule has 0 aromatic carbocycles. The van der Waals surface area contributed by atoms with E-state index in [2.05, 4.69) is 4.98 Å². The van der Waals surface area contributed by atoms with Crippen molar-refractivity contribution in [2.45, 2.75) is 46.1 Å². The van der Waals surface area contributed by atoms with Crippen molar-refractivity contribution in [3.63, 3.8) is 0 Å². The van der Waals surface area contributed by atoms with Crippen molar-refractivity contribution in [2.75, 3.05) is 6.61 Å². The van der Waals surface area contributed by atoms with E-state index in [4.69, 9.17) is 9.15 Å². The van der Waals surface area contributed by atoms with Gasteiger partial charge in [0.15, 0.2) is 0 Å². The molecule has 27 heavy (non-hydrogen) atoms. The predicted molar refractivity (Wildman–Crippen MR) is 96.5 cm³/mol. The number of ether oxygens (including phenoxy) is 1. The topological polar surface area (TPSA) is 94.6 Å². The molecule has 8 heteroatoms. The second-order valence-electron chi connectivity index (χ2n) is 6.17. The highest BCUT2D eigenvalue weighted by atomic mass is 16.5. The lowest BCUT2D eigenvalue weighted by atomic mass is 10.0. The Hall–Kier alpha value is -2.90. The van der Waals surface area contributed by atoms with E-state index in [9.17, 15) is 14.4 Å². The Balaban J connectivity index is 2.18. The number of carbonyl (C=O) groups excluding carboxylic acids is 3. The molecule has 2 amide bonds. The third kappa shape index (κ3) is 5.80. The molecule has 146 valence electrons. The zero-order valence-electron chi connectivity index (χ0n) is 15.7. The first kappa shape index (κ1) is 20.4. The molecular formula is C19H25N3O5. The Morgan fingerprint density at radius 1 is 1.30 bits per heavy atom. The van der Waals surface area contributed by atoms with Crippen molar-refractivity contribution >= 4 is 17.9 Å². The maximum atomic E-state index is 13.1. The number of hydrogen-bond acceptors (Lipinski definition) is 6. The Morgan fingerprint density at radius 3 is 2.70 bits per heavy atom. The van der Waals surface area contributed by atoms with Gasteiger partial charge in [0.1, 0.15) is 18.7 Å². The molecule has 0 saturated heterocycles. The number of amides is 2. The fourth-order valence-electron chi connectivity index (χ4n) is 2.63. The van der Waals surface area contributed by atoms with Crippen LogP contribution >= 0.6 is 0 Å². The van der Waals surface area contributed by atoms with Gasteiger partial charge in [0.2, 0.25) is 5.91 Å². The lowest BCUT2D eigenvalue weighted by Gasteiger charge is -2.25. The number of hydrogen-bond donors (Lipinski definition) is 0. The second kappa shape index (κ2) is 10.3. The van der Waals surface area contributed by atoms with Crippen LogP contribution in [0.2, 0.25) is 0 Å². The number of carbonyl (C=O) groups is 3. The van der Waals surface area contributed by atoms with Crippen LogP contribution in [0.15, 0.2) is 41.5 Å². The van der Waals surface area contributed by atoms with Gasteiger partial charge in [-0.25, -0.2) is 9.78 Å². The fraction of sp³-hybridized carbons (Fsp3) is 0.474. The van der Waals surface area contributed by atoms with E-state index in [0.717, 1.165) is 11.3 Å². The summed E-state index contributed by atoms with van der Waals surface area (Å²) < 4.78 is 11.8. The Labute approximate surface area is 158 Å². The summed E-state index contributed by atoms with van der Waals surface area (Å²) in [5.74, 6) is -0.866. The van der Waals surface area contributed by atoms with E-state index >= 15 is 0 Å². The Bertz CT molecular complexity index is 725. The highest BCUT2D eigenvalue weighted by molar-refractivity contribution is 5.96. The van der Waals surface area contributed by atoms with Crippen molar-refractivity contribution in [1.29, 1.82) is 0 Å². The van der Waals surface area contributed by atoms with Gasteiger partial charge < -0.3 is 9.15 Å². The standard InChI is InChI=1S/C19H25N3O5/c1-3-6-15(13-27-17(23)7-4-2)18(24)22(12-16-8-5-11-26-16)19(25)21-10-9-20-14-21/h5,8-11,14-15H,3-4,6-7,12-13H2,1-2H3. The third-order valence-electron chi connectivity index (χ3n) is 4.00. The maximum absolute atomic E-state index is 13.1. The van der Waals surface area contributed by atoms with E-state index in [0.29, 0.717) is 25.0 Å². The van der Waals surface area contributed by atoms with E-state index in [1.54, 1.807) is 12.1 Å². The minimum atomic E-state index is -0.599. The Morgan fingerprint density at radius 2 is 2.11 bits per heavy atom. The van der Waals surface area contributed by atoms with Gasteiger partial charge in [-0.2, -0.15) is 0 Å². The van der Waals surface area contributed by atoms with Crippen LogP contribution in [0.4, 0.5) is 4.79 Å². The summed E-state index contributed by atoms with van der Waals surface area (Å²) in [5.41, 5.74) is 0. The molecule has 0 N–H and O–H groups in total. The van der Waals surface area contributed by atoms with Crippen LogP contribution in [0.3, 0.4) is 0 Å². The van der Waals surface area contributed by atoms with Crippen LogP contribution in [0, 0.1) is 5.92 Å². The van der Waals surface area contributed by atoms with Gasteiger partial charge in [-0.15, -0.1) is 0 Å². The number of nitrogens with zero attached hydrogens (tertiary/aromatic N) is 3. The molecule has 0 radical (unpaired) electrons. The summed E-state index contributed by atoms with van der Waals surface area (Å²) >= 11 is 0. The molecule has 2 heterocycles.